The lowest BCUT2D eigenvalue weighted by Gasteiger charge is -2.09. The van der Waals surface area contributed by atoms with Gasteiger partial charge in [-0.05, 0) is 17.7 Å². The van der Waals surface area contributed by atoms with Crippen molar-refractivity contribution in [1.29, 1.82) is 0 Å². The molecule has 5 heteroatoms. The van der Waals surface area contributed by atoms with Gasteiger partial charge >= 0.3 is 0 Å². The van der Waals surface area contributed by atoms with E-state index in [1.54, 1.807) is 18.2 Å². The van der Waals surface area contributed by atoms with Crippen LogP contribution < -0.4 is 0 Å². The number of nitrogens with zero attached hydrogens (tertiary/aromatic N) is 1. The Balaban J connectivity index is 2.64. The Morgan fingerprint density at radius 2 is 2.00 bits per heavy atom. The molecule has 0 fully saturated rings. The number of benzene rings is 1. The lowest BCUT2D eigenvalue weighted by molar-refractivity contribution is 0.281. The molecule has 0 saturated carbocycles. The first kappa shape index (κ1) is 12.3. The zero-order chi connectivity index (χ0) is 12.4. The molecule has 2 nitrogen and oxygen atoms in total. The Morgan fingerprint density at radius 1 is 1.24 bits per heavy atom. The van der Waals surface area contributed by atoms with Crippen molar-refractivity contribution >= 4 is 23.2 Å². The van der Waals surface area contributed by atoms with Gasteiger partial charge in [0.25, 0.3) is 0 Å². The van der Waals surface area contributed by atoms with E-state index < -0.39 is 5.95 Å². The van der Waals surface area contributed by atoms with Gasteiger partial charge in [0.1, 0.15) is 0 Å². The highest BCUT2D eigenvalue weighted by Crippen LogP contribution is 2.34. The highest BCUT2D eigenvalue weighted by molar-refractivity contribution is 6.43. The summed E-state index contributed by atoms with van der Waals surface area (Å²) in [5, 5.41) is 9.95. The first-order valence-corrected chi connectivity index (χ1v) is 5.58. The summed E-state index contributed by atoms with van der Waals surface area (Å²) in [4.78, 5) is 3.56. The van der Waals surface area contributed by atoms with Crippen molar-refractivity contribution in [2.75, 3.05) is 0 Å². The molecule has 0 aliphatic heterocycles. The molecule has 1 aromatic heterocycles. The summed E-state index contributed by atoms with van der Waals surface area (Å²) in [5.41, 5.74) is 1.61. The van der Waals surface area contributed by atoms with Crippen LogP contribution >= 0.6 is 23.2 Å². The molecule has 0 radical (unpaired) electrons. The second-order valence-corrected chi connectivity index (χ2v) is 4.21. The van der Waals surface area contributed by atoms with Gasteiger partial charge < -0.3 is 5.11 Å². The predicted molar refractivity (Wildman–Crippen MR) is 65.6 cm³/mol. The Labute approximate surface area is 108 Å². The van der Waals surface area contributed by atoms with E-state index in [9.17, 15) is 9.50 Å². The number of rotatable bonds is 2. The highest BCUT2D eigenvalue weighted by atomic mass is 35.5. The van der Waals surface area contributed by atoms with Crippen molar-refractivity contribution in [3.63, 3.8) is 0 Å². The third-order valence-electron chi connectivity index (χ3n) is 2.37. The molecule has 2 aromatic rings. The first-order chi connectivity index (χ1) is 8.13. The molecule has 1 heterocycles. The van der Waals surface area contributed by atoms with Crippen molar-refractivity contribution in [2.24, 2.45) is 0 Å². The molecule has 0 atom stereocenters. The standard InChI is InChI=1S/C12H8Cl2FNO/c13-10-3-1-2-8(12(10)14)9-5-16-11(15)4-7(9)6-17/h1-5,17H,6H2. The number of aliphatic hydroxyl groups is 1. The number of pyridine rings is 1. The monoisotopic (exact) mass is 271 g/mol. The average molecular weight is 272 g/mol. The second kappa shape index (κ2) is 5.00. The molecule has 0 bridgehead atoms. The largest absolute Gasteiger partial charge is 0.392 e. The molecule has 0 aliphatic carbocycles. The number of hydrogen-bond acceptors (Lipinski definition) is 2. The Kier molecular flexibility index (Phi) is 3.62. The molecule has 0 saturated heterocycles. The molecular formula is C12H8Cl2FNO. The Morgan fingerprint density at radius 3 is 2.71 bits per heavy atom. The van der Waals surface area contributed by atoms with Gasteiger partial charge in [-0.3, -0.25) is 0 Å². The highest BCUT2D eigenvalue weighted by Gasteiger charge is 2.11. The summed E-state index contributed by atoms with van der Waals surface area (Å²) >= 11 is 12.0. The minimum atomic E-state index is -0.643. The summed E-state index contributed by atoms with van der Waals surface area (Å²) in [6.45, 7) is -0.294. The summed E-state index contributed by atoms with van der Waals surface area (Å²) in [6.07, 6.45) is 1.33. The molecule has 1 aromatic carbocycles. The van der Waals surface area contributed by atoms with E-state index >= 15 is 0 Å². The fraction of sp³-hybridized carbons (Fsp3) is 0.0833. The van der Waals surface area contributed by atoms with Gasteiger partial charge in [-0.15, -0.1) is 0 Å². The number of halogens is 3. The Hall–Kier alpha value is -1.16. The summed E-state index contributed by atoms with van der Waals surface area (Å²) in [6, 6.07) is 6.30. The third-order valence-corrected chi connectivity index (χ3v) is 3.19. The van der Waals surface area contributed by atoms with Gasteiger partial charge in [-0.25, -0.2) is 4.98 Å². The van der Waals surface area contributed by atoms with Crippen LogP contribution in [0.1, 0.15) is 5.56 Å². The second-order valence-electron chi connectivity index (χ2n) is 3.42. The summed E-state index contributed by atoms with van der Waals surface area (Å²) in [7, 11) is 0. The minimum Gasteiger partial charge on any atom is -0.392 e. The third kappa shape index (κ3) is 2.41. The molecule has 0 aliphatic rings. The number of hydrogen-bond donors (Lipinski definition) is 1. The lowest BCUT2D eigenvalue weighted by Crippen LogP contribution is -1.94. The van der Waals surface area contributed by atoms with Crippen LogP contribution in [0.4, 0.5) is 4.39 Å². The molecule has 0 unspecified atom stereocenters. The number of aliphatic hydroxyl groups excluding tert-OH is 1. The van der Waals surface area contributed by atoms with Crippen LogP contribution in [-0.2, 0) is 6.61 Å². The van der Waals surface area contributed by atoms with E-state index in [4.69, 9.17) is 23.2 Å². The molecule has 17 heavy (non-hydrogen) atoms. The maximum absolute atomic E-state index is 12.9. The molecular weight excluding hydrogens is 264 g/mol. The van der Waals surface area contributed by atoms with Crippen molar-refractivity contribution in [1.82, 2.24) is 4.98 Å². The van der Waals surface area contributed by atoms with Crippen molar-refractivity contribution in [2.45, 2.75) is 6.61 Å². The maximum Gasteiger partial charge on any atom is 0.213 e. The van der Waals surface area contributed by atoms with E-state index in [0.29, 0.717) is 26.7 Å². The zero-order valence-electron chi connectivity index (χ0n) is 8.62. The van der Waals surface area contributed by atoms with Crippen LogP contribution in [0, 0.1) is 5.95 Å². The van der Waals surface area contributed by atoms with Crippen molar-refractivity contribution in [3.8, 4) is 11.1 Å². The van der Waals surface area contributed by atoms with Gasteiger partial charge in [0.2, 0.25) is 5.95 Å². The topological polar surface area (TPSA) is 33.1 Å². The van der Waals surface area contributed by atoms with E-state index in [2.05, 4.69) is 4.98 Å². The Bertz CT molecular complexity index is 560. The zero-order valence-corrected chi connectivity index (χ0v) is 10.1. The van der Waals surface area contributed by atoms with Crippen LogP contribution in [0.25, 0.3) is 11.1 Å². The average Bonchev–Trinajstić information content (AvgIpc) is 2.33. The van der Waals surface area contributed by atoms with E-state index in [1.165, 1.54) is 12.3 Å². The molecule has 1 N–H and O–H groups in total. The number of aromatic nitrogens is 1. The van der Waals surface area contributed by atoms with Crippen LogP contribution in [-0.4, -0.2) is 10.1 Å². The SMILES string of the molecule is OCc1cc(F)ncc1-c1cccc(Cl)c1Cl. The van der Waals surface area contributed by atoms with E-state index in [1.807, 2.05) is 0 Å². The van der Waals surface area contributed by atoms with Gasteiger partial charge in [-0.2, -0.15) is 4.39 Å². The molecule has 2 rings (SSSR count). The van der Waals surface area contributed by atoms with Crippen molar-refractivity contribution < 1.29 is 9.50 Å². The fourth-order valence-electron chi connectivity index (χ4n) is 1.55. The fourth-order valence-corrected chi connectivity index (χ4v) is 1.96. The normalized spacial score (nSPS) is 10.6. The smallest absolute Gasteiger partial charge is 0.213 e. The predicted octanol–water partition coefficient (Wildman–Crippen LogP) is 3.69. The van der Waals surface area contributed by atoms with Gasteiger partial charge in [-0.1, -0.05) is 35.3 Å². The van der Waals surface area contributed by atoms with Crippen LogP contribution in [0.5, 0.6) is 0 Å². The van der Waals surface area contributed by atoms with Gasteiger partial charge in [0.15, 0.2) is 0 Å². The minimum absolute atomic E-state index is 0.294. The van der Waals surface area contributed by atoms with Crippen LogP contribution in [0.2, 0.25) is 10.0 Å². The van der Waals surface area contributed by atoms with Crippen molar-refractivity contribution in [3.05, 3.63) is 52.0 Å². The molecule has 0 amide bonds. The molecule has 88 valence electrons. The van der Waals surface area contributed by atoms with Gasteiger partial charge in [0, 0.05) is 17.3 Å². The first-order valence-electron chi connectivity index (χ1n) is 4.83. The van der Waals surface area contributed by atoms with Gasteiger partial charge in [0.05, 0.1) is 16.7 Å². The van der Waals surface area contributed by atoms with E-state index in [-0.39, 0.29) is 6.61 Å². The summed E-state index contributed by atoms with van der Waals surface area (Å²) < 4.78 is 12.9. The maximum atomic E-state index is 12.9. The summed E-state index contributed by atoms with van der Waals surface area (Å²) in [5.74, 6) is -0.643. The van der Waals surface area contributed by atoms with Crippen LogP contribution in [0.15, 0.2) is 30.5 Å². The van der Waals surface area contributed by atoms with Crippen LogP contribution in [0.3, 0.4) is 0 Å². The molecule has 0 spiro atoms. The quantitative estimate of drug-likeness (QED) is 0.846. The van der Waals surface area contributed by atoms with E-state index in [0.717, 1.165) is 0 Å². The lowest BCUT2D eigenvalue weighted by atomic mass is 10.0.